The highest BCUT2D eigenvalue weighted by Crippen LogP contribution is 2.30. The van der Waals surface area contributed by atoms with Crippen molar-refractivity contribution in [3.8, 4) is 0 Å². The van der Waals surface area contributed by atoms with Crippen molar-refractivity contribution in [3.05, 3.63) is 80.2 Å². The van der Waals surface area contributed by atoms with Gasteiger partial charge in [0.15, 0.2) is 5.65 Å². The second-order valence-electron chi connectivity index (χ2n) is 7.93. The van der Waals surface area contributed by atoms with Crippen LogP contribution in [0.15, 0.2) is 53.0 Å². The summed E-state index contributed by atoms with van der Waals surface area (Å²) in [6.07, 6.45) is 7.55. The van der Waals surface area contributed by atoms with E-state index in [1.54, 1.807) is 23.1 Å². The van der Waals surface area contributed by atoms with E-state index in [-0.39, 0.29) is 24.1 Å². The molecule has 3 heterocycles. The van der Waals surface area contributed by atoms with E-state index >= 15 is 0 Å². The number of carbonyl (C=O) groups is 1. The SMILES string of the molecule is Cn1ncc2c(=O)n(CC(=O)N[C@H](c3ccc4c(c3)CCCC4)c3cccs3)cnc21. The number of nitrogens with one attached hydrogen (secondary N) is 1. The summed E-state index contributed by atoms with van der Waals surface area (Å²) >= 11 is 1.61. The minimum atomic E-state index is -0.269. The lowest BCUT2D eigenvalue weighted by molar-refractivity contribution is -0.122. The number of hydrogen-bond acceptors (Lipinski definition) is 5. The van der Waals surface area contributed by atoms with Crippen LogP contribution in [0.4, 0.5) is 0 Å². The van der Waals surface area contributed by atoms with E-state index in [1.807, 2.05) is 17.5 Å². The van der Waals surface area contributed by atoms with Gasteiger partial charge in [0.05, 0.1) is 12.2 Å². The van der Waals surface area contributed by atoms with Crippen LogP contribution in [0.25, 0.3) is 11.0 Å². The second kappa shape index (κ2) is 8.11. The van der Waals surface area contributed by atoms with Gasteiger partial charge in [0.25, 0.3) is 5.56 Å². The predicted molar refractivity (Wildman–Crippen MR) is 120 cm³/mol. The summed E-state index contributed by atoms with van der Waals surface area (Å²) in [6.45, 7) is -0.0938. The van der Waals surface area contributed by atoms with Crippen molar-refractivity contribution in [2.45, 2.75) is 38.3 Å². The number of carbonyl (C=O) groups excluding carboxylic acids is 1. The number of fused-ring (bicyclic) bond motifs is 2. The zero-order valence-corrected chi connectivity index (χ0v) is 18.1. The van der Waals surface area contributed by atoms with Gasteiger partial charge >= 0.3 is 0 Å². The molecule has 4 aromatic rings. The van der Waals surface area contributed by atoms with Gasteiger partial charge in [-0.05, 0) is 53.8 Å². The molecule has 0 aliphatic heterocycles. The van der Waals surface area contributed by atoms with Gasteiger partial charge in [0, 0.05) is 11.9 Å². The lowest BCUT2D eigenvalue weighted by atomic mass is 9.89. The predicted octanol–water partition coefficient (Wildman–Crippen LogP) is 2.98. The van der Waals surface area contributed by atoms with E-state index < -0.39 is 0 Å². The van der Waals surface area contributed by atoms with Gasteiger partial charge in [-0.2, -0.15) is 5.10 Å². The van der Waals surface area contributed by atoms with Gasteiger partial charge in [-0.3, -0.25) is 18.8 Å². The number of thiophene rings is 1. The standard InChI is InChI=1S/C23H23N5O2S/c1-27-22-18(12-25-27)23(30)28(14-24-22)13-20(29)26-21(19-7-4-10-31-19)17-9-8-15-5-2-3-6-16(15)11-17/h4,7-12,14,21H,2-3,5-6,13H2,1H3,(H,26,29)/t21-/m1/s1. The summed E-state index contributed by atoms with van der Waals surface area (Å²) in [6, 6.07) is 10.3. The molecule has 7 nitrogen and oxygen atoms in total. The van der Waals surface area contributed by atoms with Crippen molar-refractivity contribution in [1.82, 2.24) is 24.6 Å². The molecule has 1 amide bonds. The van der Waals surface area contributed by atoms with Gasteiger partial charge in [0.1, 0.15) is 18.3 Å². The molecular formula is C23H23N5O2S. The summed E-state index contributed by atoms with van der Waals surface area (Å²) in [5.41, 5.74) is 4.10. The highest BCUT2D eigenvalue weighted by atomic mass is 32.1. The Morgan fingerprint density at radius 1 is 1.23 bits per heavy atom. The molecular weight excluding hydrogens is 410 g/mol. The summed E-state index contributed by atoms with van der Waals surface area (Å²) in [7, 11) is 1.73. The Labute approximate surface area is 183 Å². The van der Waals surface area contributed by atoms with Crippen LogP contribution in [0.1, 0.15) is 40.5 Å². The molecule has 0 saturated carbocycles. The Kier molecular flexibility index (Phi) is 5.15. The third kappa shape index (κ3) is 3.79. The topological polar surface area (TPSA) is 81.8 Å². The van der Waals surface area contributed by atoms with Gasteiger partial charge in [0.2, 0.25) is 5.91 Å². The normalized spacial score (nSPS) is 14.4. The minimum absolute atomic E-state index is 0.0938. The smallest absolute Gasteiger partial charge is 0.264 e. The first-order chi connectivity index (χ1) is 15.1. The zero-order valence-electron chi connectivity index (χ0n) is 17.2. The van der Waals surface area contributed by atoms with Gasteiger partial charge < -0.3 is 5.32 Å². The van der Waals surface area contributed by atoms with Gasteiger partial charge in [-0.25, -0.2) is 4.98 Å². The number of aromatic nitrogens is 4. The minimum Gasteiger partial charge on any atom is -0.343 e. The molecule has 0 bridgehead atoms. The van der Waals surface area contributed by atoms with Crippen LogP contribution in [-0.2, 0) is 31.2 Å². The summed E-state index contributed by atoms with van der Waals surface area (Å²) in [5, 5.41) is 9.63. The molecule has 3 aromatic heterocycles. The van der Waals surface area contributed by atoms with Crippen molar-refractivity contribution in [3.63, 3.8) is 0 Å². The first kappa shape index (κ1) is 19.7. The van der Waals surface area contributed by atoms with Crippen LogP contribution in [0.3, 0.4) is 0 Å². The maximum atomic E-state index is 13.0. The Hall–Kier alpha value is -3.26. The van der Waals surface area contributed by atoms with Crippen LogP contribution in [-0.4, -0.2) is 25.2 Å². The maximum Gasteiger partial charge on any atom is 0.264 e. The summed E-state index contributed by atoms with van der Waals surface area (Å²) in [5.74, 6) is -0.233. The Balaban J connectivity index is 1.42. The van der Waals surface area contributed by atoms with Crippen LogP contribution in [0, 0.1) is 0 Å². The largest absolute Gasteiger partial charge is 0.343 e. The summed E-state index contributed by atoms with van der Waals surface area (Å²) < 4.78 is 2.88. The van der Waals surface area contributed by atoms with E-state index in [4.69, 9.17) is 0 Å². The number of rotatable bonds is 5. The molecule has 1 aliphatic rings. The first-order valence-corrected chi connectivity index (χ1v) is 11.3. The van der Waals surface area contributed by atoms with Crippen molar-refractivity contribution in [2.75, 3.05) is 0 Å². The zero-order chi connectivity index (χ0) is 21.4. The molecule has 1 aliphatic carbocycles. The highest BCUT2D eigenvalue weighted by Gasteiger charge is 2.21. The van der Waals surface area contributed by atoms with Crippen LogP contribution in [0.5, 0.6) is 0 Å². The molecule has 0 spiro atoms. The Bertz CT molecular complexity index is 1310. The quantitative estimate of drug-likeness (QED) is 0.525. The molecule has 0 fully saturated rings. The Morgan fingerprint density at radius 2 is 2.06 bits per heavy atom. The molecule has 158 valence electrons. The van der Waals surface area contributed by atoms with E-state index in [1.165, 1.54) is 41.1 Å². The maximum absolute atomic E-state index is 13.0. The van der Waals surface area contributed by atoms with Crippen molar-refractivity contribution >= 4 is 28.3 Å². The summed E-state index contributed by atoms with van der Waals surface area (Å²) in [4.78, 5) is 31.0. The lowest BCUT2D eigenvalue weighted by Crippen LogP contribution is -2.35. The molecule has 31 heavy (non-hydrogen) atoms. The van der Waals surface area contributed by atoms with Gasteiger partial charge in [-0.15, -0.1) is 11.3 Å². The molecule has 0 radical (unpaired) electrons. The highest BCUT2D eigenvalue weighted by molar-refractivity contribution is 7.10. The fraction of sp³-hybridized carbons (Fsp3) is 0.304. The van der Waals surface area contributed by atoms with Gasteiger partial charge in [-0.1, -0.05) is 24.3 Å². The molecule has 5 rings (SSSR count). The van der Waals surface area contributed by atoms with Crippen LogP contribution >= 0.6 is 11.3 Å². The monoisotopic (exact) mass is 433 g/mol. The van der Waals surface area contributed by atoms with Crippen molar-refractivity contribution in [1.29, 1.82) is 0 Å². The number of aryl methyl sites for hydroxylation is 3. The van der Waals surface area contributed by atoms with Crippen LogP contribution < -0.4 is 10.9 Å². The average Bonchev–Trinajstić information content (AvgIpc) is 3.44. The fourth-order valence-corrected chi connectivity index (χ4v) is 5.05. The van der Waals surface area contributed by atoms with Crippen molar-refractivity contribution < 1.29 is 4.79 Å². The number of amides is 1. The second-order valence-corrected chi connectivity index (χ2v) is 8.91. The van der Waals surface area contributed by atoms with E-state index in [2.05, 4.69) is 33.6 Å². The molecule has 1 N–H and O–H groups in total. The van der Waals surface area contributed by atoms with Crippen molar-refractivity contribution in [2.24, 2.45) is 7.05 Å². The molecule has 1 atom stereocenters. The van der Waals surface area contributed by atoms with E-state index in [0.717, 1.165) is 23.3 Å². The molecule has 8 heteroatoms. The number of hydrogen-bond donors (Lipinski definition) is 1. The lowest BCUT2D eigenvalue weighted by Gasteiger charge is -2.22. The molecule has 0 unspecified atom stereocenters. The van der Waals surface area contributed by atoms with Crippen LogP contribution in [0.2, 0.25) is 0 Å². The van der Waals surface area contributed by atoms with E-state index in [9.17, 15) is 9.59 Å². The first-order valence-electron chi connectivity index (χ1n) is 10.4. The third-order valence-electron chi connectivity index (χ3n) is 5.87. The number of benzene rings is 1. The fourth-order valence-electron chi connectivity index (χ4n) is 4.25. The third-order valence-corrected chi connectivity index (χ3v) is 6.81. The molecule has 0 saturated heterocycles. The average molecular weight is 434 g/mol. The Morgan fingerprint density at radius 3 is 2.87 bits per heavy atom. The molecule has 1 aromatic carbocycles. The number of nitrogens with zero attached hydrogens (tertiary/aromatic N) is 4. The van der Waals surface area contributed by atoms with E-state index in [0.29, 0.717) is 11.0 Å².